The number of hydrogen-bond donors (Lipinski definition) is 2. The molecule has 1 aliphatic rings. The predicted molar refractivity (Wildman–Crippen MR) is 79.8 cm³/mol. The maximum Gasteiger partial charge on any atom is 0.215 e. The van der Waals surface area contributed by atoms with Crippen LogP contribution >= 0.6 is 0 Å². The van der Waals surface area contributed by atoms with Gasteiger partial charge in [0.2, 0.25) is 10.0 Å². The van der Waals surface area contributed by atoms with Crippen LogP contribution in [0.1, 0.15) is 39.5 Å². The van der Waals surface area contributed by atoms with Crippen LogP contribution < -0.4 is 10.0 Å². The summed E-state index contributed by atoms with van der Waals surface area (Å²) in [6.07, 6.45) is 4.35. The number of sulfonamides is 1. The molecule has 114 valence electrons. The van der Waals surface area contributed by atoms with E-state index in [1.807, 2.05) is 14.1 Å². The van der Waals surface area contributed by atoms with E-state index in [-0.39, 0.29) is 5.54 Å². The summed E-state index contributed by atoms with van der Waals surface area (Å²) in [5.41, 5.74) is 0.0314. The second kappa shape index (κ2) is 7.02. The fourth-order valence-electron chi connectivity index (χ4n) is 2.34. The summed E-state index contributed by atoms with van der Waals surface area (Å²) >= 11 is 0. The standard InChI is InChI=1S/C13H29N3O2S/c1-5-9-14-10-12(2)19(17,18)15-11-13(16(3)4)7-6-8-13/h12,14-15H,5-11H2,1-4H3. The zero-order chi connectivity index (χ0) is 14.5. The molecule has 0 aliphatic heterocycles. The molecule has 5 nitrogen and oxygen atoms in total. The molecule has 1 aliphatic carbocycles. The van der Waals surface area contributed by atoms with E-state index in [1.165, 1.54) is 6.42 Å². The first kappa shape index (κ1) is 16.9. The Hall–Kier alpha value is -0.170. The molecule has 1 atom stereocenters. The Morgan fingerprint density at radius 2 is 1.95 bits per heavy atom. The second-order valence-electron chi connectivity index (χ2n) is 5.85. The highest BCUT2D eigenvalue weighted by molar-refractivity contribution is 7.90. The lowest BCUT2D eigenvalue weighted by Crippen LogP contribution is -2.58. The summed E-state index contributed by atoms with van der Waals surface area (Å²) in [6, 6.07) is 0. The van der Waals surface area contributed by atoms with Crippen LogP contribution in [0.2, 0.25) is 0 Å². The van der Waals surface area contributed by atoms with Crippen LogP contribution in [0, 0.1) is 0 Å². The van der Waals surface area contributed by atoms with Crippen molar-refractivity contribution in [1.29, 1.82) is 0 Å². The Bertz CT molecular complexity index is 364. The van der Waals surface area contributed by atoms with Crippen molar-refractivity contribution in [3.63, 3.8) is 0 Å². The molecule has 6 heteroatoms. The Morgan fingerprint density at radius 1 is 1.32 bits per heavy atom. The first-order valence-corrected chi connectivity index (χ1v) is 8.75. The monoisotopic (exact) mass is 291 g/mol. The van der Waals surface area contributed by atoms with Crippen molar-refractivity contribution < 1.29 is 8.42 Å². The first-order valence-electron chi connectivity index (χ1n) is 7.21. The van der Waals surface area contributed by atoms with Crippen LogP contribution in [0.3, 0.4) is 0 Å². The van der Waals surface area contributed by atoms with E-state index in [4.69, 9.17) is 0 Å². The molecule has 1 fully saturated rings. The Balaban J connectivity index is 2.45. The minimum Gasteiger partial charge on any atom is -0.315 e. The van der Waals surface area contributed by atoms with E-state index >= 15 is 0 Å². The molecule has 0 aromatic carbocycles. The number of hydrogen-bond acceptors (Lipinski definition) is 4. The smallest absolute Gasteiger partial charge is 0.215 e. The van der Waals surface area contributed by atoms with Crippen LogP contribution in [-0.4, -0.2) is 57.8 Å². The zero-order valence-corrected chi connectivity index (χ0v) is 13.5. The lowest BCUT2D eigenvalue weighted by molar-refractivity contribution is 0.0656. The number of nitrogens with one attached hydrogen (secondary N) is 2. The third-order valence-corrected chi connectivity index (χ3v) is 6.00. The molecule has 0 spiro atoms. The molecule has 0 aromatic rings. The minimum absolute atomic E-state index is 0.0314. The molecule has 1 rings (SSSR count). The van der Waals surface area contributed by atoms with Gasteiger partial charge in [-0.1, -0.05) is 6.92 Å². The number of nitrogens with zero attached hydrogens (tertiary/aromatic N) is 1. The van der Waals surface area contributed by atoms with Crippen LogP contribution in [-0.2, 0) is 10.0 Å². The lowest BCUT2D eigenvalue weighted by Gasteiger charge is -2.47. The fraction of sp³-hybridized carbons (Fsp3) is 1.00. The molecular formula is C13H29N3O2S. The molecule has 0 radical (unpaired) electrons. The van der Waals surface area contributed by atoms with Crippen molar-refractivity contribution in [2.75, 3.05) is 33.7 Å². The highest BCUT2D eigenvalue weighted by Gasteiger charge is 2.40. The quantitative estimate of drug-likeness (QED) is 0.616. The Kier molecular flexibility index (Phi) is 6.23. The van der Waals surface area contributed by atoms with E-state index in [0.29, 0.717) is 13.1 Å². The zero-order valence-electron chi connectivity index (χ0n) is 12.7. The van der Waals surface area contributed by atoms with Gasteiger partial charge in [-0.15, -0.1) is 0 Å². The fourth-order valence-corrected chi connectivity index (χ4v) is 3.43. The summed E-state index contributed by atoms with van der Waals surface area (Å²) < 4.78 is 27.1. The maximum atomic E-state index is 12.2. The second-order valence-corrected chi connectivity index (χ2v) is 8.04. The molecule has 0 aromatic heterocycles. The van der Waals surface area contributed by atoms with Gasteiger partial charge in [0.1, 0.15) is 0 Å². The molecule has 0 heterocycles. The Morgan fingerprint density at radius 3 is 2.37 bits per heavy atom. The summed E-state index contributed by atoms with van der Waals surface area (Å²) in [7, 11) is 0.832. The van der Waals surface area contributed by atoms with Gasteiger partial charge in [-0.05, 0) is 53.2 Å². The number of rotatable bonds is 9. The van der Waals surface area contributed by atoms with E-state index < -0.39 is 15.3 Å². The van der Waals surface area contributed by atoms with Crippen molar-refractivity contribution in [2.45, 2.75) is 50.3 Å². The van der Waals surface area contributed by atoms with Gasteiger partial charge in [0.15, 0.2) is 0 Å². The molecule has 0 saturated heterocycles. The summed E-state index contributed by atoms with van der Waals surface area (Å²) in [5.74, 6) is 0. The van der Waals surface area contributed by atoms with Gasteiger partial charge in [-0.2, -0.15) is 0 Å². The lowest BCUT2D eigenvalue weighted by atomic mass is 9.76. The van der Waals surface area contributed by atoms with E-state index in [9.17, 15) is 8.42 Å². The van der Waals surface area contributed by atoms with Crippen LogP contribution in [0.4, 0.5) is 0 Å². The van der Waals surface area contributed by atoms with Crippen molar-refractivity contribution in [1.82, 2.24) is 14.9 Å². The molecule has 0 amide bonds. The van der Waals surface area contributed by atoms with E-state index in [0.717, 1.165) is 25.8 Å². The van der Waals surface area contributed by atoms with E-state index in [1.54, 1.807) is 6.92 Å². The van der Waals surface area contributed by atoms with Crippen molar-refractivity contribution in [3.8, 4) is 0 Å². The summed E-state index contributed by atoms with van der Waals surface area (Å²) in [4.78, 5) is 2.15. The molecule has 19 heavy (non-hydrogen) atoms. The van der Waals surface area contributed by atoms with Crippen LogP contribution in [0.25, 0.3) is 0 Å². The summed E-state index contributed by atoms with van der Waals surface area (Å²) in [5, 5.41) is 2.77. The molecular weight excluding hydrogens is 262 g/mol. The topological polar surface area (TPSA) is 61.4 Å². The molecule has 0 bridgehead atoms. The van der Waals surface area contributed by atoms with Gasteiger partial charge >= 0.3 is 0 Å². The third kappa shape index (κ3) is 4.41. The third-order valence-electron chi connectivity index (χ3n) is 4.22. The van der Waals surface area contributed by atoms with Gasteiger partial charge in [0, 0.05) is 18.6 Å². The largest absolute Gasteiger partial charge is 0.315 e. The average Bonchev–Trinajstić information content (AvgIpc) is 2.27. The van der Waals surface area contributed by atoms with Gasteiger partial charge in [0.25, 0.3) is 0 Å². The number of likely N-dealkylation sites (N-methyl/N-ethyl adjacent to an activating group) is 1. The van der Waals surface area contributed by atoms with Gasteiger partial charge in [0.05, 0.1) is 5.25 Å². The van der Waals surface area contributed by atoms with Gasteiger partial charge in [-0.3, -0.25) is 0 Å². The molecule has 1 saturated carbocycles. The molecule has 2 N–H and O–H groups in total. The predicted octanol–water partition coefficient (Wildman–Crippen LogP) is 0.778. The first-order chi connectivity index (χ1) is 8.84. The minimum atomic E-state index is -3.22. The Labute approximate surface area is 118 Å². The SMILES string of the molecule is CCCNCC(C)S(=O)(=O)NCC1(N(C)C)CCC1. The van der Waals surface area contributed by atoms with Crippen molar-refractivity contribution in [2.24, 2.45) is 0 Å². The van der Waals surface area contributed by atoms with Crippen molar-refractivity contribution >= 4 is 10.0 Å². The molecule has 1 unspecified atom stereocenters. The normalized spacial score (nSPS) is 20.3. The average molecular weight is 291 g/mol. The maximum absolute atomic E-state index is 12.2. The summed E-state index contributed by atoms with van der Waals surface area (Å²) in [6.45, 7) is 5.73. The van der Waals surface area contributed by atoms with Crippen molar-refractivity contribution in [3.05, 3.63) is 0 Å². The van der Waals surface area contributed by atoms with Crippen LogP contribution in [0.5, 0.6) is 0 Å². The van der Waals surface area contributed by atoms with Gasteiger partial charge < -0.3 is 10.2 Å². The van der Waals surface area contributed by atoms with Crippen LogP contribution in [0.15, 0.2) is 0 Å². The highest BCUT2D eigenvalue weighted by Crippen LogP contribution is 2.35. The van der Waals surface area contributed by atoms with Gasteiger partial charge in [-0.25, -0.2) is 13.1 Å². The highest BCUT2D eigenvalue weighted by atomic mass is 32.2. The van der Waals surface area contributed by atoms with E-state index in [2.05, 4.69) is 21.9 Å².